The van der Waals surface area contributed by atoms with Crippen LogP contribution < -0.4 is 10.6 Å². The Kier molecular flexibility index (Phi) is 4.99. The van der Waals surface area contributed by atoms with Crippen LogP contribution in [0.15, 0.2) is 36.4 Å². The summed E-state index contributed by atoms with van der Waals surface area (Å²) in [6.07, 6.45) is 1.43. The van der Waals surface area contributed by atoms with Gasteiger partial charge in [0.15, 0.2) is 0 Å². The fraction of sp³-hybridized carbons (Fsp3) is 0.412. The van der Waals surface area contributed by atoms with E-state index in [4.69, 9.17) is 0 Å². The molecule has 2 heterocycles. The monoisotopic (exact) mass is 346 g/mol. The van der Waals surface area contributed by atoms with Gasteiger partial charge in [-0.3, -0.25) is 0 Å². The number of rotatable bonds is 5. The topological polar surface area (TPSA) is 84.0 Å². The second kappa shape index (κ2) is 7.17. The second-order valence-corrected chi connectivity index (χ2v) is 8.46. The van der Waals surface area contributed by atoms with Crippen molar-refractivity contribution in [3.05, 3.63) is 42.2 Å². The summed E-state index contributed by atoms with van der Waals surface area (Å²) < 4.78 is 23.0. The Balaban J connectivity index is 1.62. The Labute approximate surface area is 142 Å². The first-order valence-corrected chi connectivity index (χ1v) is 9.94. The molecule has 0 spiro atoms. The molecule has 0 bridgehead atoms. The fourth-order valence-corrected chi connectivity index (χ4v) is 4.37. The Morgan fingerprint density at radius 3 is 2.46 bits per heavy atom. The average Bonchev–Trinajstić information content (AvgIpc) is 2.54. The number of para-hydroxylation sites is 1. The molecule has 2 N–H and O–H groups in total. The molecule has 0 radical (unpaired) electrons. The Morgan fingerprint density at radius 2 is 1.75 bits per heavy atom. The molecule has 2 aromatic rings. The molecule has 1 aliphatic rings. The average molecular weight is 346 g/mol. The second-order valence-electron chi connectivity index (χ2n) is 6.15. The molecule has 3 rings (SSSR count). The summed E-state index contributed by atoms with van der Waals surface area (Å²) in [4.78, 5) is 8.81. The van der Waals surface area contributed by atoms with E-state index < -0.39 is 9.84 Å². The van der Waals surface area contributed by atoms with E-state index in [-0.39, 0.29) is 0 Å². The zero-order valence-electron chi connectivity index (χ0n) is 13.7. The maximum Gasteiger partial charge on any atom is 0.150 e. The molecule has 0 unspecified atom stereocenters. The highest BCUT2D eigenvalue weighted by atomic mass is 32.2. The van der Waals surface area contributed by atoms with Crippen molar-refractivity contribution in [3.63, 3.8) is 0 Å². The number of benzene rings is 1. The van der Waals surface area contributed by atoms with Crippen LogP contribution in [0, 0.1) is 12.8 Å². The molecule has 128 valence electrons. The lowest BCUT2D eigenvalue weighted by Crippen LogP contribution is -2.27. The zero-order valence-corrected chi connectivity index (χ0v) is 14.5. The smallest absolute Gasteiger partial charge is 0.150 e. The van der Waals surface area contributed by atoms with Crippen molar-refractivity contribution < 1.29 is 8.42 Å². The third-order valence-corrected chi connectivity index (χ3v) is 5.85. The number of anilines is 3. The van der Waals surface area contributed by atoms with Crippen LogP contribution in [0.3, 0.4) is 0 Å². The van der Waals surface area contributed by atoms with Crippen LogP contribution >= 0.6 is 0 Å². The molecule has 6 nitrogen and oxygen atoms in total. The van der Waals surface area contributed by atoms with Crippen molar-refractivity contribution in [2.75, 3.05) is 28.7 Å². The molecule has 0 saturated carbocycles. The summed E-state index contributed by atoms with van der Waals surface area (Å²) in [5, 5.41) is 6.59. The SMILES string of the molecule is Cc1nc(NCC2CCS(=O)(=O)CC2)cc(Nc2ccccc2)n1. The zero-order chi connectivity index (χ0) is 17.0. The van der Waals surface area contributed by atoms with Crippen LogP contribution in [0.2, 0.25) is 0 Å². The van der Waals surface area contributed by atoms with Gasteiger partial charge in [-0.25, -0.2) is 18.4 Å². The van der Waals surface area contributed by atoms with Gasteiger partial charge in [0.1, 0.15) is 27.3 Å². The Hall–Kier alpha value is -2.15. The number of hydrogen-bond donors (Lipinski definition) is 2. The van der Waals surface area contributed by atoms with Gasteiger partial charge in [0, 0.05) is 18.3 Å². The van der Waals surface area contributed by atoms with E-state index in [1.54, 1.807) is 0 Å². The maximum atomic E-state index is 11.5. The van der Waals surface area contributed by atoms with Crippen LogP contribution in [-0.2, 0) is 9.84 Å². The number of aromatic nitrogens is 2. The van der Waals surface area contributed by atoms with Crippen molar-refractivity contribution in [1.29, 1.82) is 0 Å². The summed E-state index contributed by atoms with van der Waals surface area (Å²) in [6, 6.07) is 11.7. The summed E-state index contributed by atoms with van der Waals surface area (Å²) in [7, 11) is -2.81. The molecule has 1 saturated heterocycles. The molecule has 1 aromatic carbocycles. The van der Waals surface area contributed by atoms with E-state index in [9.17, 15) is 8.42 Å². The fourth-order valence-electron chi connectivity index (χ4n) is 2.78. The van der Waals surface area contributed by atoms with Gasteiger partial charge < -0.3 is 10.6 Å². The van der Waals surface area contributed by atoms with E-state index >= 15 is 0 Å². The first kappa shape index (κ1) is 16.7. The molecule has 1 aliphatic heterocycles. The number of sulfone groups is 1. The van der Waals surface area contributed by atoms with Gasteiger partial charge in [-0.2, -0.15) is 0 Å². The number of nitrogens with one attached hydrogen (secondary N) is 2. The minimum atomic E-state index is -2.81. The van der Waals surface area contributed by atoms with Gasteiger partial charge in [0.2, 0.25) is 0 Å². The highest BCUT2D eigenvalue weighted by molar-refractivity contribution is 7.91. The van der Waals surface area contributed by atoms with Crippen LogP contribution in [0.25, 0.3) is 0 Å². The molecule has 0 amide bonds. The summed E-state index contributed by atoms with van der Waals surface area (Å²) in [5.41, 5.74) is 0.971. The molecular weight excluding hydrogens is 324 g/mol. The molecule has 0 aliphatic carbocycles. The van der Waals surface area contributed by atoms with E-state index in [2.05, 4.69) is 20.6 Å². The minimum absolute atomic E-state index is 0.295. The normalized spacial score (nSPS) is 17.4. The van der Waals surface area contributed by atoms with Gasteiger partial charge in [-0.1, -0.05) is 18.2 Å². The molecule has 0 atom stereocenters. The van der Waals surface area contributed by atoms with Crippen LogP contribution in [-0.4, -0.2) is 36.4 Å². The largest absolute Gasteiger partial charge is 0.370 e. The van der Waals surface area contributed by atoms with Gasteiger partial charge in [0.25, 0.3) is 0 Å². The van der Waals surface area contributed by atoms with Crippen molar-refractivity contribution in [3.8, 4) is 0 Å². The van der Waals surface area contributed by atoms with Crippen molar-refractivity contribution in [1.82, 2.24) is 9.97 Å². The third kappa shape index (κ3) is 4.67. The van der Waals surface area contributed by atoms with Crippen molar-refractivity contribution >= 4 is 27.2 Å². The van der Waals surface area contributed by atoms with Gasteiger partial charge in [-0.05, 0) is 37.8 Å². The molecular formula is C17H22N4O2S. The van der Waals surface area contributed by atoms with Crippen molar-refractivity contribution in [2.45, 2.75) is 19.8 Å². The highest BCUT2D eigenvalue weighted by Gasteiger charge is 2.23. The predicted octanol–water partition coefficient (Wildman–Crippen LogP) is 2.77. The maximum absolute atomic E-state index is 11.5. The van der Waals surface area contributed by atoms with Crippen LogP contribution in [0.1, 0.15) is 18.7 Å². The lowest BCUT2D eigenvalue weighted by molar-refractivity contribution is 0.484. The van der Waals surface area contributed by atoms with Crippen LogP contribution in [0.4, 0.5) is 17.3 Å². The lowest BCUT2D eigenvalue weighted by Gasteiger charge is -2.22. The Morgan fingerprint density at radius 1 is 1.08 bits per heavy atom. The predicted molar refractivity (Wildman–Crippen MR) is 96.4 cm³/mol. The van der Waals surface area contributed by atoms with Crippen LogP contribution in [0.5, 0.6) is 0 Å². The first-order chi connectivity index (χ1) is 11.5. The van der Waals surface area contributed by atoms with Gasteiger partial charge in [0.05, 0.1) is 11.5 Å². The lowest BCUT2D eigenvalue weighted by atomic mass is 10.0. The summed E-state index contributed by atoms with van der Waals surface area (Å²) in [6.45, 7) is 2.59. The summed E-state index contributed by atoms with van der Waals surface area (Å²) >= 11 is 0. The molecule has 1 fully saturated rings. The molecule has 1 aromatic heterocycles. The number of aryl methyl sites for hydroxylation is 1. The third-order valence-electron chi connectivity index (χ3n) is 4.13. The molecule has 7 heteroatoms. The highest BCUT2D eigenvalue weighted by Crippen LogP contribution is 2.21. The summed E-state index contributed by atoms with van der Waals surface area (Å²) in [5.74, 6) is 3.14. The number of nitrogens with zero attached hydrogens (tertiary/aromatic N) is 2. The van der Waals surface area contributed by atoms with E-state index in [0.29, 0.717) is 36.1 Å². The first-order valence-electron chi connectivity index (χ1n) is 8.12. The van der Waals surface area contributed by atoms with Crippen molar-refractivity contribution in [2.24, 2.45) is 5.92 Å². The quantitative estimate of drug-likeness (QED) is 0.866. The molecule has 24 heavy (non-hydrogen) atoms. The number of hydrogen-bond acceptors (Lipinski definition) is 6. The van der Waals surface area contributed by atoms with E-state index in [1.165, 1.54) is 0 Å². The Bertz CT molecular complexity index is 779. The van der Waals surface area contributed by atoms with E-state index in [1.807, 2.05) is 43.3 Å². The van der Waals surface area contributed by atoms with Gasteiger partial charge in [-0.15, -0.1) is 0 Å². The van der Waals surface area contributed by atoms with E-state index in [0.717, 1.165) is 23.9 Å². The standard InChI is InChI=1S/C17H22N4O2S/c1-13-19-16(18-12-14-7-9-24(22,23)10-8-14)11-17(20-13)21-15-5-3-2-4-6-15/h2-6,11,14H,7-10,12H2,1H3,(H2,18,19,20,21). The van der Waals surface area contributed by atoms with Gasteiger partial charge >= 0.3 is 0 Å². The minimum Gasteiger partial charge on any atom is -0.370 e.